The minimum atomic E-state index is -0.622. The van der Waals surface area contributed by atoms with Crippen molar-refractivity contribution in [2.75, 3.05) is 0 Å². The highest BCUT2D eigenvalue weighted by Crippen LogP contribution is 2.23. The lowest BCUT2D eigenvalue weighted by molar-refractivity contribution is 0.171. The van der Waals surface area contributed by atoms with Gasteiger partial charge in [0.2, 0.25) is 0 Å². The van der Waals surface area contributed by atoms with Gasteiger partial charge in [0.1, 0.15) is 6.10 Å². The first-order valence-electron chi connectivity index (χ1n) is 7.08. The molecule has 2 heterocycles. The molecule has 4 heteroatoms. The molecule has 0 aliphatic heterocycles. The van der Waals surface area contributed by atoms with Crippen LogP contribution in [-0.4, -0.2) is 19.9 Å². The summed E-state index contributed by atoms with van der Waals surface area (Å²) < 4.78 is 1.81. The van der Waals surface area contributed by atoms with Crippen LogP contribution < -0.4 is 0 Å². The maximum atomic E-state index is 10.5. The van der Waals surface area contributed by atoms with Gasteiger partial charge in [-0.25, -0.2) is 0 Å². The Morgan fingerprint density at radius 3 is 2.67 bits per heavy atom. The molecule has 2 aromatic heterocycles. The molecule has 1 unspecified atom stereocenters. The molecule has 3 rings (SSSR count). The average molecular weight is 281 g/mol. The lowest BCUT2D eigenvalue weighted by atomic mass is 10.0. The van der Waals surface area contributed by atoms with Gasteiger partial charge in [-0.3, -0.25) is 9.67 Å². The molecule has 0 bridgehead atoms. The van der Waals surface area contributed by atoms with Gasteiger partial charge in [-0.05, 0) is 37.6 Å². The van der Waals surface area contributed by atoms with Crippen LogP contribution in [0.3, 0.4) is 0 Å². The number of aromatic nitrogens is 3. The fourth-order valence-corrected chi connectivity index (χ4v) is 2.70. The van der Waals surface area contributed by atoms with Crippen LogP contribution >= 0.6 is 0 Å². The Morgan fingerprint density at radius 1 is 1.19 bits per heavy atom. The predicted molar refractivity (Wildman–Crippen MR) is 83.1 cm³/mol. The van der Waals surface area contributed by atoms with Crippen molar-refractivity contribution < 1.29 is 5.11 Å². The Balaban J connectivity index is 1.94. The third-order valence-corrected chi connectivity index (χ3v) is 3.79. The molecule has 1 N–H and O–H groups in total. The van der Waals surface area contributed by atoms with Gasteiger partial charge in [0.05, 0.1) is 16.9 Å². The number of benzene rings is 1. The van der Waals surface area contributed by atoms with E-state index in [1.165, 1.54) is 0 Å². The van der Waals surface area contributed by atoms with Crippen LogP contribution in [0.4, 0.5) is 0 Å². The molecule has 0 radical (unpaired) electrons. The van der Waals surface area contributed by atoms with Crippen molar-refractivity contribution >= 4 is 10.9 Å². The summed E-state index contributed by atoms with van der Waals surface area (Å²) in [5.41, 5.74) is 4.74. The molecule has 0 saturated heterocycles. The third-order valence-electron chi connectivity index (χ3n) is 3.79. The van der Waals surface area contributed by atoms with Crippen molar-refractivity contribution in [2.45, 2.75) is 26.4 Å². The van der Waals surface area contributed by atoms with Crippen molar-refractivity contribution in [3.63, 3.8) is 0 Å². The number of nitrogens with zero attached hydrogens (tertiary/aromatic N) is 3. The zero-order valence-corrected chi connectivity index (χ0v) is 12.5. The number of aliphatic hydroxyl groups is 1. The van der Waals surface area contributed by atoms with Crippen molar-refractivity contribution in [3.8, 4) is 0 Å². The van der Waals surface area contributed by atoms with Crippen LogP contribution in [0.1, 0.15) is 28.7 Å². The van der Waals surface area contributed by atoms with E-state index >= 15 is 0 Å². The largest absolute Gasteiger partial charge is 0.386 e. The van der Waals surface area contributed by atoms with E-state index in [9.17, 15) is 5.11 Å². The fraction of sp³-hybridized carbons (Fsp3) is 0.294. The monoisotopic (exact) mass is 281 g/mol. The number of para-hydroxylation sites is 1. The zero-order chi connectivity index (χ0) is 15.0. The number of hydrogen-bond donors (Lipinski definition) is 1. The summed E-state index contributed by atoms with van der Waals surface area (Å²) in [5.74, 6) is 0. The van der Waals surface area contributed by atoms with Crippen LogP contribution in [0, 0.1) is 13.8 Å². The Kier molecular flexibility index (Phi) is 3.47. The number of aliphatic hydroxyl groups excluding tert-OH is 1. The van der Waals surface area contributed by atoms with Crippen molar-refractivity contribution in [1.82, 2.24) is 14.8 Å². The van der Waals surface area contributed by atoms with E-state index in [0.717, 1.165) is 27.9 Å². The molecule has 0 fully saturated rings. The van der Waals surface area contributed by atoms with Gasteiger partial charge < -0.3 is 5.11 Å². The summed E-state index contributed by atoms with van der Waals surface area (Å²) in [7, 11) is 1.90. The number of hydrogen-bond acceptors (Lipinski definition) is 3. The van der Waals surface area contributed by atoms with E-state index in [-0.39, 0.29) is 0 Å². The molecule has 1 atom stereocenters. The molecule has 108 valence electrons. The van der Waals surface area contributed by atoms with Crippen molar-refractivity contribution in [3.05, 3.63) is 59.0 Å². The Bertz CT molecular complexity index is 792. The predicted octanol–water partition coefficient (Wildman–Crippen LogP) is 2.86. The smallest absolute Gasteiger partial charge is 0.101 e. The topological polar surface area (TPSA) is 50.9 Å². The molecule has 1 aromatic carbocycles. The number of fused-ring (bicyclic) bond motifs is 1. The van der Waals surface area contributed by atoms with Crippen LogP contribution in [0.5, 0.6) is 0 Å². The lowest BCUT2D eigenvalue weighted by Gasteiger charge is -2.12. The van der Waals surface area contributed by atoms with Crippen LogP contribution in [0.2, 0.25) is 0 Å². The first kappa shape index (κ1) is 13.8. The molecule has 0 spiro atoms. The maximum Gasteiger partial charge on any atom is 0.101 e. The molecule has 3 aromatic rings. The number of rotatable bonds is 3. The Hall–Kier alpha value is -2.20. The standard InChI is InChI=1S/C17H19N3O/c1-11-8-16(18-15-7-5-4-6-14(11)15)17(21)10-13-9-12(2)19-20(13)3/h4-9,17,21H,10H2,1-3H3. The SMILES string of the molecule is Cc1cc(CC(O)c2cc(C)c3ccccc3n2)n(C)n1. The van der Waals surface area contributed by atoms with Crippen molar-refractivity contribution in [2.24, 2.45) is 7.05 Å². The highest BCUT2D eigenvalue weighted by Gasteiger charge is 2.14. The van der Waals surface area contributed by atoms with Crippen LogP contribution in [0.15, 0.2) is 36.4 Å². The third kappa shape index (κ3) is 2.67. The lowest BCUT2D eigenvalue weighted by Crippen LogP contribution is -2.08. The van der Waals surface area contributed by atoms with Gasteiger partial charge >= 0.3 is 0 Å². The molecule has 4 nitrogen and oxygen atoms in total. The molecule has 0 aliphatic rings. The summed E-state index contributed by atoms with van der Waals surface area (Å²) in [5, 5.41) is 15.9. The summed E-state index contributed by atoms with van der Waals surface area (Å²) >= 11 is 0. The second kappa shape index (κ2) is 5.30. The second-order valence-electron chi connectivity index (χ2n) is 5.50. The van der Waals surface area contributed by atoms with Crippen LogP contribution in [-0.2, 0) is 13.5 Å². The van der Waals surface area contributed by atoms with E-state index in [1.807, 2.05) is 49.0 Å². The molecule has 0 aliphatic carbocycles. The normalized spacial score (nSPS) is 12.8. The van der Waals surface area contributed by atoms with Gasteiger partial charge in [0, 0.05) is 24.5 Å². The highest BCUT2D eigenvalue weighted by atomic mass is 16.3. The molecule has 0 saturated carbocycles. The van der Waals surface area contributed by atoms with Gasteiger partial charge in [0.25, 0.3) is 0 Å². The maximum absolute atomic E-state index is 10.5. The van der Waals surface area contributed by atoms with Gasteiger partial charge in [-0.2, -0.15) is 5.10 Å². The molecule has 21 heavy (non-hydrogen) atoms. The summed E-state index contributed by atoms with van der Waals surface area (Å²) in [6.07, 6.45) is -0.106. The van der Waals surface area contributed by atoms with E-state index in [4.69, 9.17) is 0 Å². The van der Waals surface area contributed by atoms with Gasteiger partial charge in [0.15, 0.2) is 0 Å². The van der Waals surface area contributed by atoms with E-state index in [1.54, 1.807) is 0 Å². The van der Waals surface area contributed by atoms with Crippen LogP contribution in [0.25, 0.3) is 10.9 Å². The molecular weight excluding hydrogens is 262 g/mol. The Morgan fingerprint density at radius 2 is 1.95 bits per heavy atom. The Labute approximate surface area is 124 Å². The quantitative estimate of drug-likeness (QED) is 0.803. The number of pyridine rings is 1. The highest BCUT2D eigenvalue weighted by molar-refractivity contribution is 5.82. The van der Waals surface area contributed by atoms with Gasteiger partial charge in [-0.15, -0.1) is 0 Å². The fourth-order valence-electron chi connectivity index (χ4n) is 2.70. The second-order valence-corrected chi connectivity index (χ2v) is 5.50. The first-order chi connectivity index (χ1) is 10.0. The van der Waals surface area contributed by atoms with Crippen molar-refractivity contribution in [1.29, 1.82) is 0 Å². The summed E-state index contributed by atoms with van der Waals surface area (Å²) in [6.45, 7) is 4.00. The van der Waals surface area contributed by atoms with E-state index in [2.05, 4.69) is 23.1 Å². The van der Waals surface area contributed by atoms with E-state index in [0.29, 0.717) is 12.1 Å². The zero-order valence-electron chi connectivity index (χ0n) is 12.5. The molecular formula is C17H19N3O. The van der Waals surface area contributed by atoms with E-state index < -0.39 is 6.10 Å². The summed E-state index contributed by atoms with van der Waals surface area (Å²) in [6, 6.07) is 12.0. The minimum absolute atomic E-state index is 0.516. The number of aryl methyl sites for hydroxylation is 3. The average Bonchev–Trinajstić information content (AvgIpc) is 2.77. The first-order valence-corrected chi connectivity index (χ1v) is 7.08. The minimum Gasteiger partial charge on any atom is -0.386 e. The summed E-state index contributed by atoms with van der Waals surface area (Å²) in [4.78, 5) is 4.59. The molecule has 0 amide bonds. The van der Waals surface area contributed by atoms with Gasteiger partial charge in [-0.1, -0.05) is 18.2 Å².